The molecule has 0 radical (unpaired) electrons. The maximum atomic E-state index is 12.8. The first kappa shape index (κ1) is 21.3. The predicted octanol–water partition coefficient (Wildman–Crippen LogP) is 4.96. The zero-order valence-electron chi connectivity index (χ0n) is 18.1. The minimum absolute atomic E-state index is 0.160. The van der Waals surface area contributed by atoms with E-state index in [0.717, 1.165) is 33.6 Å². The van der Waals surface area contributed by atoms with E-state index in [1.807, 2.05) is 65.0 Å². The number of hydrogen-bond acceptors (Lipinski definition) is 3. The van der Waals surface area contributed by atoms with Crippen LogP contribution in [0, 0.1) is 27.7 Å². The van der Waals surface area contributed by atoms with E-state index in [4.69, 9.17) is 0 Å². The Morgan fingerprint density at radius 2 is 1.37 bits per heavy atom. The summed E-state index contributed by atoms with van der Waals surface area (Å²) in [6.07, 6.45) is 2.22. The molecule has 0 saturated carbocycles. The molecule has 2 N–H and O–H groups in total. The number of carbonyl (C=O) groups is 2. The number of benzene rings is 2. The van der Waals surface area contributed by atoms with Gasteiger partial charge in [0, 0.05) is 17.6 Å². The van der Waals surface area contributed by atoms with Gasteiger partial charge in [-0.15, -0.1) is 0 Å². The summed E-state index contributed by atoms with van der Waals surface area (Å²) in [6.45, 7) is 9.87. The third-order valence-corrected chi connectivity index (χ3v) is 4.82. The minimum atomic E-state index is -0.506. The van der Waals surface area contributed by atoms with E-state index in [1.54, 1.807) is 16.9 Å². The number of aryl methyl sites for hydroxylation is 4. The fourth-order valence-electron chi connectivity index (χ4n) is 3.64. The van der Waals surface area contributed by atoms with Crippen LogP contribution in [0.5, 0.6) is 0 Å². The fraction of sp³-hybridized carbons (Fsp3) is 0.292. The Balaban J connectivity index is 1.73. The first-order valence-corrected chi connectivity index (χ1v) is 10.1. The summed E-state index contributed by atoms with van der Waals surface area (Å²) in [5.41, 5.74) is 6.08. The molecule has 1 aromatic heterocycles. The molecule has 6 nitrogen and oxygen atoms in total. The maximum absolute atomic E-state index is 12.8. The molecular weight excluding hydrogens is 376 g/mol. The third kappa shape index (κ3) is 5.14. The molecule has 30 heavy (non-hydrogen) atoms. The number of hydrogen-bond donors (Lipinski definition) is 2. The second kappa shape index (κ2) is 8.95. The molecule has 2 amide bonds. The second-order valence-electron chi connectivity index (χ2n) is 7.80. The molecule has 0 spiro atoms. The van der Waals surface area contributed by atoms with E-state index >= 15 is 0 Å². The van der Waals surface area contributed by atoms with Crippen molar-refractivity contribution < 1.29 is 9.59 Å². The van der Waals surface area contributed by atoms with Crippen LogP contribution in [0.15, 0.2) is 48.7 Å². The van der Waals surface area contributed by atoms with Crippen molar-refractivity contribution >= 4 is 23.2 Å². The first-order valence-electron chi connectivity index (χ1n) is 10.1. The van der Waals surface area contributed by atoms with Crippen molar-refractivity contribution in [1.29, 1.82) is 0 Å². The highest BCUT2D eigenvalue weighted by molar-refractivity contribution is 6.03. The Morgan fingerprint density at radius 3 is 1.87 bits per heavy atom. The van der Waals surface area contributed by atoms with Crippen molar-refractivity contribution in [2.45, 2.75) is 47.1 Å². The van der Waals surface area contributed by atoms with Gasteiger partial charge < -0.3 is 10.6 Å². The highest BCUT2D eigenvalue weighted by Crippen LogP contribution is 2.19. The number of rotatable bonds is 6. The molecule has 0 bridgehead atoms. The smallest absolute Gasteiger partial charge is 0.276 e. The van der Waals surface area contributed by atoms with Crippen LogP contribution < -0.4 is 10.6 Å². The zero-order valence-corrected chi connectivity index (χ0v) is 18.1. The first-order chi connectivity index (χ1) is 14.2. The average Bonchev–Trinajstić information content (AvgIpc) is 3.10. The standard InChI is InChI=1S/C24H28N4O2/c1-6-22(24(30)26-20-13-17(4)10-18(5)14-20)28-8-7-21(27-28)23(29)25-19-11-15(2)9-16(3)12-19/h7-14,22H,6H2,1-5H3,(H,25,29)(H,26,30)/t22-/m1/s1. The number of carbonyl (C=O) groups excluding carboxylic acids is 2. The van der Waals surface area contributed by atoms with Crippen LogP contribution in [0.3, 0.4) is 0 Å². The van der Waals surface area contributed by atoms with Crippen LogP contribution in [0.2, 0.25) is 0 Å². The molecule has 1 atom stereocenters. The van der Waals surface area contributed by atoms with Gasteiger partial charge in [-0.05, 0) is 86.7 Å². The largest absolute Gasteiger partial charge is 0.324 e. The van der Waals surface area contributed by atoms with Crippen LogP contribution in [0.4, 0.5) is 11.4 Å². The summed E-state index contributed by atoms with van der Waals surface area (Å²) in [5.74, 6) is -0.463. The second-order valence-corrected chi connectivity index (χ2v) is 7.80. The van der Waals surface area contributed by atoms with Crippen molar-refractivity contribution in [2.24, 2.45) is 0 Å². The Labute approximate surface area is 177 Å². The van der Waals surface area contributed by atoms with Crippen LogP contribution in [0.1, 0.15) is 52.1 Å². The molecule has 0 aliphatic carbocycles. The molecule has 3 rings (SSSR count). The molecule has 0 aliphatic heterocycles. The summed E-state index contributed by atoms with van der Waals surface area (Å²) in [6, 6.07) is 12.9. The molecule has 0 saturated heterocycles. The molecule has 156 valence electrons. The number of anilines is 2. The lowest BCUT2D eigenvalue weighted by Gasteiger charge is -2.16. The molecule has 2 aromatic carbocycles. The quantitative estimate of drug-likeness (QED) is 0.610. The lowest BCUT2D eigenvalue weighted by Crippen LogP contribution is -2.26. The average molecular weight is 405 g/mol. The lowest BCUT2D eigenvalue weighted by atomic mass is 10.1. The van der Waals surface area contributed by atoms with Crippen molar-refractivity contribution in [3.05, 3.63) is 76.6 Å². The van der Waals surface area contributed by atoms with Gasteiger partial charge in [-0.3, -0.25) is 14.3 Å². The summed E-state index contributed by atoms with van der Waals surface area (Å²) >= 11 is 0. The Morgan fingerprint density at radius 1 is 0.867 bits per heavy atom. The summed E-state index contributed by atoms with van der Waals surface area (Å²) in [7, 11) is 0. The highest BCUT2D eigenvalue weighted by Gasteiger charge is 2.21. The monoisotopic (exact) mass is 404 g/mol. The highest BCUT2D eigenvalue weighted by atomic mass is 16.2. The summed E-state index contributed by atoms with van der Waals surface area (Å²) in [5, 5.41) is 10.2. The molecule has 3 aromatic rings. The summed E-state index contributed by atoms with van der Waals surface area (Å²) < 4.78 is 1.55. The molecule has 0 fully saturated rings. The number of nitrogens with zero attached hydrogens (tertiary/aromatic N) is 2. The Hall–Kier alpha value is -3.41. The SMILES string of the molecule is CC[C@H](C(=O)Nc1cc(C)cc(C)c1)n1ccc(C(=O)Nc2cc(C)cc(C)c2)n1. The molecule has 6 heteroatoms. The van der Waals surface area contributed by atoms with Gasteiger partial charge in [0.1, 0.15) is 6.04 Å². The molecule has 0 unspecified atom stereocenters. The van der Waals surface area contributed by atoms with Gasteiger partial charge in [0.15, 0.2) is 5.69 Å². The number of aromatic nitrogens is 2. The zero-order chi connectivity index (χ0) is 21.8. The van der Waals surface area contributed by atoms with Crippen molar-refractivity contribution in [3.8, 4) is 0 Å². The Bertz CT molecular complexity index is 1040. The van der Waals surface area contributed by atoms with Crippen molar-refractivity contribution in [3.63, 3.8) is 0 Å². The summed E-state index contributed by atoms with van der Waals surface area (Å²) in [4.78, 5) is 25.4. The van der Waals surface area contributed by atoms with Gasteiger partial charge in [-0.1, -0.05) is 19.1 Å². The normalized spacial score (nSPS) is 11.8. The minimum Gasteiger partial charge on any atom is -0.324 e. The van der Waals surface area contributed by atoms with E-state index < -0.39 is 6.04 Å². The van der Waals surface area contributed by atoms with Crippen molar-refractivity contribution in [2.75, 3.05) is 10.6 Å². The topological polar surface area (TPSA) is 76.0 Å². The van der Waals surface area contributed by atoms with Gasteiger partial charge >= 0.3 is 0 Å². The van der Waals surface area contributed by atoms with Crippen LogP contribution >= 0.6 is 0 Å². The van der Waals surface area contributed by atoms with E-state index in [1.165, 1.54) is 0 Å². The molecular formula is C24H28N4O2. The van der Waals surface area contributed by atoms with E-state index in [9.17, 15) is 9.59 Å². The van der Waals surface area contributed by atoms with E-state index in [-0.39, 0.29) is 17.5 Å². The van der Waals surface area contributed by atoms with Crippen molar-refractivity contribution in [1.82, 2.24) is 9.78 Å². The number of amides is 2. The van der Waals surface area contributed by atoms with E-state index in [2.05, 4.69) is 21.8 Å². The van der Waals surface area contributed by atoms with Crippen LogP contribution in [-0.4, -0.2) is 21.6 Å². The predicted molar refractivity (Wildman–Crippen MR) is 120 cm³/mol. The molecule has 1 heterocycles. The van der Waals surface area contributed by atoms with Gasteiger partial charge in [0.25, 0.3) is 5.91 Å². The van der Waals surface area contributed by atoms with Gasteiger partial charge in [-0.2, -0.15) is 5.10 Å². The van der Waals surface area contributed by atoms with E-state index in [0.29, 0.717) is 6.42 Å². The van der Waals surface area contributed by atoms with Crippen LogP contribution in [-0.2, 0) is 4.79 Å². The van der Waals surface area contributed by atoms with Crippen LogP contribution in [0.25, 0.3) is 0 Å². The number of nitrogens with one attached hydrogen (secondary N) is 2. The van der Waals surface area contributed by atoms with Gasteiger partial charge in [-0.25, -0.2) is 0 Å². The third-order valence-electron chi connectivity index (χ3n) is 4.82. The van der Waals surface area contributed by atoms with Gasteiger partial charge in [0.2, 0.25) is 5.91 Å². The maximum Gasteiger partial charge on any atom is 0.276 e. The lowest BCUT2D eigenvalue weighted by molar-refractivity contribution is -0.119. The Kier molecular flexibility index (Phi) is 6.35. The van der Waals surface area contributed by atoms with Gasteiger partial charge in [0.05, 0.1) is 0 Å². The molecule has 0 aliphatic rings. The fourth-order valence-corrected chi connectivity index (χ4v) is 3.64.